The van der Waals surface area contributed by atoms with Crippen molar-refractivity contribution in [2.75, 3.05) is 35.3 Å². The number of aryl methyl sites for hydroxylation is 1. The molecule has 3 aromatic rings. The number of methoxy groups -OCH3 is 1. The highest BCUT2D eigenvalue weighted by Crippen LogP contribution is 2.36. The smallest absolute Gasteiger partial charge is 0.282 e. The summed E-state index contributed by atoms with van der Waals surface area (Å²) >= 11 is 0. The van der Waals surface area contributed by atoms with Crippen LogP contribution in [0.4, 0.5) is 17.1 Å². The minimum absolute atomic E-state index is 0.228. The highest BCUT2D eigenvalue weighted by atomic mass is 16.5. The fraction of sp³-hybridized carbons (Fsp3) is 0.214. The second-order valence-electron chi connectivity index (χ2n) is 8.08. The molecule has 0 radical (unpaired) electrons. The van der Waals surface area contributed by atoms with Gasteiger partial charge in [0.05, 0.1) is 24.1 Å². The number of para-hydroxylation sites is 2. The lowest BCUT2D eigenvalue weighted by atomic mass is 10.0. The summed E-state index contributed by atoms with van der Waals surface area (Å²) in [6.07, 6.45) is 0. The van der Waals surface area contributed by atoms with Gasteiger partial charge in [-0.25, -0.2) is 4.90 Å². The second-order valence-corrected chi connectivity index (χ2v) is 8.08. The quantitative estimate of drug-likeness (QED) is 0.470. The first-order chi connectivity index (χ1) is 16.5. The van der Waals surface area contributed by atoms with Gasteiger partial charge in [-0.3, -0.25) is 9.59 Å². The first kappa shape index (κ1) is 23.1. The van der Waals surface area contributed by atoms with E-state index in [9.17, 15) is 9.59 Å². The Morgan fingerprint density at radius 2 is 1.50 bits per heavy atom. The van der Waals surface area contributed by atoms with Crippen LogP contribution in [0.15, 0.2) is 78.5 Å². The molecule has 0 saturated carbocycles. The van der Waals surface area contributed by atoms with Gasteiger partial charge in [0.1, 0.15) is 11.4 Å². The maximum absolute atomic E-state index is 13.7. The summed E-state index contributed by atoms with van der Waals surface area (Å²) in [6.45, 7) is 7.93. The second kappa shape index (κ2) is 9.83. The van der Waals surface area contributed by atoms with Crippen LogP contribution in [-0.2, 0) is 9.59 Å². The van der Waals surface area contributed by atoms with Crippen LogP contribution in [0.2, 0.25) is 0 Å². The molecule has 0 fully saturated rings. The van der Waals surface area contributed by atoms with E-state index in [0.717, 1.165) is 24.3 Å². The van der Waals surface area contributed by atoms with Crippen LogP contribution in [-0.4, -0.2) is 32.0 Å². The van der Waals surface area contributed by atoms with Gasteiger partial charge < -0.3 is 15.0 Å². The number of hydrogen-bond donors (Lipinski definition) is 1. The van der Waals surface area contributed by atoms with Crippen LogP contribution in [0.3, 0.4) is 0 Å². The van der Waals surface area contributed by atoms with Crippen molar-refractivity contribution in [3.05, 3.63) is 89.6 Å². The lowest BCUT2D eigenvalue weighted by Crippen LogP contribution is -2.32. The van der Waals surface area contributed by atoms with Gasteiger partial charge in [-0.1, -0.05) is 42.0 Å². The van der Waals surface area contributed by atoms with Gasteiger partial charge in [-0.15, -0.1) is 0 Å². The number of imide groups is 1. The number of nitrogens with one attached hydrogen (secondary N) is 1. The van der Waals surface area contributed by atoms with Gasteiger partial charge in [-0.2, -0.15) is 0 Å². The minimum atomic E-state index is -0.401. The van der Waals surface area contributed by atoms with Crippen molar-refractivity contribution in [1.29, 1.82) is 0 Å². The number of nitrogens with zero attached hydrogens (tertiary/aromatic N) is 2. The maximum atomic E-state index is 13.7. The molecule has 34 heavy (non-hydrogen) atoms. The fourth-order valence-electron chi connectivity index (χ4n) is 4.15. The third-order valence-corrected chi connectivity index (χ3v) is 6.03. The standard InChI is InChI=1S/C28H29N3O3/c1-5-30(6-2)21-15-17-22(18-16-21)31-27(32)25(20-13-11-19(3)12-14-20)26(28(31)33)29-23-9-7-8-10-24(23)34-4/h7-18,29H,5-6H2,1-4H3. The van der Waals surface area contributed by atoms with Crippen molar-refractivity contribution in [1.82, 2.24) is 0 Å². The summed E-state index contributed by atoms with van der Waals surface area (Å²) in [7, 11) is 1.57. The highest BCUT2D eigenvalue weighted by Gasteiger charge is 2.40. The Morgan fingerprint density at radius 3 is 2.12 bits per heavy atom. The zero-order chi connectivity index (χ0) is 24.2. The molecule has 0 aromatic heterocycles. The van der Waals surface area contributed by atoms with Crippen LogP contribution in [0.25, 0.3) is 5.57 Å². The molecule has 4 rings (SSSR count). The van der Waals surface area contributed by atoms with Gasteiger partial charge in [0.15, 0.2) is 0 Å². The summed E-state index contributed by atoms with van der Waals surface area (Å²) in [6, 6.07) is 22.5. The zero-order valence-electron chi connectivity index (χ0n) is 20.0. The Bertz CT molecular complexity index is 1230. The third kappa shape index (κ3) is 4.27. The number of carbonyl (C=O) groups excluding carboxylic acids is 2. The topological polar surface area (TPSA) is 61.9 Å². The summed E-state index contributed by atoms with van der Waals surface area (Å²) in [5.41, 5.74) is 4.52. The Hall–Kier alpha value is -4.06. The summed E-state index contributed by atoms with van der Waals surface area (Å²) in [5.74, 6) is -0.176. The number of carbonyl (C=O) groups is 2. The van der Waals surface area contributed by atoms with Gasteiger partial charge in [0.25, 0.3) is 11.8 Å². The van der Waals surface area contributed by atoms with E-state index in [1.165, 1.54) is 4.90 Å². The summed E-state index contributed by atoms with van der Waals surface area (Å²) in [5, 5.41) is 3.19. The molecule has 1 aliphatic rings. The molecule has 1 heterocycles. The van der Waals surface area contributed by atoms with Crippen molar-refractivity contribution in [2.45, 2.75) is 20.8 Å². The van der Waals surface area contributed by atoms with Crippen molar-refractivity contribution < 1.29 is 14.3 Å². The van der Waals surface area contributed by atoms with Gasteiger partial charge in [-0.05, 0) is 62.7 Å². The van der Waals surface area contributed by atoms with E-state index in [4.69, 9.17) is 4.74 Å². The molecular weight excluding hydrogens is 426 g/mol. The zero-order valence-corrected chi connectivity index (χ0v) is 20.0. The van der Waals surface area contributed by atoms with Crippen LogP contribution in [0.5, 0.6) is 5.75 Å². The van der Waals surface area contributed by atoms with Gasteiger partial charge >= 0.3 is 0 Å². The van der Waals surface area contributed by atoms with Crippen molar-refractivity contribution in [3.63, 3.8) is 0 Å². The predicted octanol–water partition coefficient (Wildman–Crippen LogP) is 5.25. The van der Waals surface area contributed by atoms with Crippen LogP contribution in [0.1, 0.15) is 25.0 Å². The number of rotatable bonds is 8. The van der Waals surface area contributed by atoms with Crippen molar-refractivity contribution >= 4 is 34.4 Å². The van der Waals surface area contributed by atoms with E-state index in [1.807, 2.05) is 73.7 Å². The molecule has 6 nitrogen and oxygen atoms in total. The maximum Gasteiger partial charge on any atom is 0.282 e. The molecular formula is C28H29N3O3. The van der Waals surface area contributed by atoms with Crippen LogP contribution in [0, 0.1) is 6.92 Å². The first-order valence-corrected chi connectivity index (χ1v) is 11.4. The molecule has 3 aromatic carbocycles. The lowest BCUT2D eigenvalue weighted by molar-refractivity contribution is -0.120. The Labute approximate surface area is 200 Å². The SMILES string of the molecule is CCN(CC)c1ccc(N2C(=O)C(Nc3ccccc3OC)=C(c3ccc(C)cc3)C2=O)cc1. The number of hydrogen-bond acceptors (Lipinski definition) is 5. The molecule has 1 aliphatic heterocycles. The molecule has 0 unspecified atom stereocenters. The molecule has 0 atom stereocenters. The van der Waals surface area contributed by atoms with E-state index >= 15 is 0 Å². The first-order valence-electron chi connectivity index (χ1n) is 11.4. The van der Waals surface area contributed by atoms with Crippen LogP contribution < -0.4 is 19.9 Å². The number of amides is 2. The summed E-state index contributed by atoms with van der Waals surface area (Å²) < 4.78 is 5.44. The van der Waals surface area contributed by atoms with Crippen molar-refractivity contribution in [2.24, 2.45) is 0 Å². The fourth-order valence-corrected chi connectivity index (χ4v) is 4.15. The largest absolute Gasteiger partial charge is 0.495 e. The van der Waals surface area contributed by atoms with E-state index < -0.39 is 5.91 Å². The average molecular weight is 456 g/mol. The molecule has 1 N–H and O–H groups in total. The molecule has 174 valence electrons. The monoisotopic (exact) mass is 455 g/mol. The predicted molar refractivity (Wildman–Crippen MR) is 137 cm³/mol. The molecule has 6 heteroatoms. The number of ether oxygens (including phenoxy) is 1. The number of benzene rings is 3. The lowest BCUT2D eigenvalue weighted by Gasteiger charge is -2.22. The van der Waals surface area contributed by atoms with Gasteiger partial charge in [0.2, 0.25) is 0 Å². The highest BCUT2D eigenvalue weighted by molar-refractivity contribution is 6.46. The Balaban J connectivity index is 1.76. The normalized spacial score (nSPS) is 13.5. The average Bonchev–Trinajstić information content (AvgIpc) is 3.10. The van der Waals surface area contributed by atoms with Gasteiger partial charge in [0, 0.05) is 18.8 Å². The van der Waals surface area contributed by atoms with Crippen molar-refractivity contribution in [3.8, 4) is 5.75 Å². The molecule has 2 amide bonds. The molecule has 0 bridgehead atoms. The molecule has 0 saturated heterocycles. The summed E-state index contributed by atoms with van der Waals surface area (Å²) in [4.78, 5) is 30.7. The Morgan fingerprint density at radius 1 is 0.853 bits per heavy atom. The third-order valence-electron chi connectivity index (χ3n) is 6.03. The molecule has 0 aliphatic carbocycles. The van der Waals surface area contributed by atoms with E-state index in [0.29, 0.717) is 28.3 Å². The number of anilines is 3. The Kier molecular flexibility index (Phi) is 6.68. The minimum Gasteiger partial charge on any atom is -0.495 e. The molecule has 0 spiro atoms. The van der Waals surface area contributed by atoms with E-state index in [1.54, 1.807) is 13.2 Å². The van der Waals surface area contributed by atoms with E-state index in [-0.39, 0.29) is 11.6 Å². The van der Waals surface area contributed by atoms with Crippen LogP contribution >= 0.6 is 0 Å². The van der Waals surface area contributed by atoms with E-state index in [2.05, 4.69) is 24.1 Å².